The number of rotatable bonds is 8. The lowest BCUT2D eigenvalue weighted by Gasteiger charge is -2.07. The summed E-state index contributed by atoms with van der Waals surface area (Å²) in [6.07, 6.45) is 3.95. The van der Waals surface area contributed by atoms with Crippen LogP contribution in [0.5, 0.6) is 0 Å². The third-order valence-corrected chi connectivity index (χ3v) is 2.93. The topological polar surface area (TPSA) is 69.6 Å². The Labute approximate surface area is 112 Å². The van der Waals surface area contributed by atoms with E-state index in [1.54, 1.807) is 12.1 Å². The second-order valence-electron chi connectivity index (χ2n) is 4.06. The molecule has 1 aromatic carbocycles. The van der Waals surface area contributed by atoms with Crippen molar-refractivity contribution in [1.29, 1.82) is 0 Å². The highest BCUT2D eigenvalue weighted by molar-refractivity contribution is 6.33. The minimum Gasteiger partial charge on any atom is -0.478 e. The lowest BCUT2D eigenvalue weighted by atomic mass is 10.2. The van der Waals surface area contributed by atoms with E-state index < -0.39 is 5.97 Å². The van der Waals surface area contributed by atoms with E-state index >= 15 is 0 Å². The Morgan fingerprint density at radius 2 is 1.94 bits per heavy atom. The molecule has 0 bridgehead atoms. The standard InChI is InChI=1S/C13H18ClNO3/c14-12-9-10(5-6-11(12)13(17)18)15-7-3-1-2-4-8-16/h5-6,9,15-16H,1-4,7-8H2,(H,17,18). The predicted molar refractivity (Wildman–Crippen MR) is 72.5 cm³/mol. The summed E-state index contributed by atoms with van der Waals surface area (Å²) in [7, 11) is 0. The van der Waals surface area contributed by atoms with Crippen molar-refractivity contribution in [3.63, 3.8) is 0 Å². The normalized spacial score (nSPS) is 10.3. The fourth-order valence-electron chi connectivity index (χ4n) is 1.62. The molecule has 0 amide bonds. The molecular weight excluding hydrogens is 254 g/mol. The van der Waals surface area contributed by atoms with E-state index in [4.69, 9.17) is 21.8 Å². The van der Waals surface area contributed by atoms with Gasteiger partial charge in [0.25, 0.3) is 0 Å². The molecule has 0 radical (unpaired) electrons. The van der Waals surface area contributed by atoms with Crippen LogP contribution in [0.2, 0.25) is 5.02 Å². The van der Waals surface area contributed by atoms with E-state index in [1.165, 1.54) is 6.07 Å². The number of anilines is 1. The highest BCUT2D eigenvalue weighted by Crippen LogP contribution is 2.21. The van der Waals surface area contributed by atoms with Crippen LogP contribution in [-0.4, -0.2) is 29.3 Å². The molecule has 1 rings (SSSR count). The maximum Gasteiger partial charge on any atom is 0.337 e. The van der Waals surface area contributed by atoms with Crippen LogP contribution < -0.4 is 5.32 Å². The van der Waals surface area contributed by atoms with Gasteiger partial charge in [0.2, 0.25) is 0 Å². The van der Waals surface area contributed by atoms with Gasteiger partial charge in [-0.2, -0.15) is 0 Å². The molecule has 5 heteroatoms. The monoisotopic (exact) mass is 271 g/mol. The molecule has 0 spiro atoms. The molecule has 0 aliphatic rings. The zero-order valence-corrected chi connectivity index (χ0v) is 10.9. The molecule has 0 saturated heterocycles. The maximum atomic E-state index is 10.8. The van der Waals surface area contributed by atoms with Gasteiger partial charge in [0, 0.05) is 18.8 Å². The molecule has 4 nitrogen and oxygen atoms in total. The molecule has 0 heterocycles. The van der Waals surface area contributed by atoms with Crippen molar-refractivity contribution < 1.29 is 15.0 Å². The van der Waals surface area contributed by atoms with Crippen molar-refractivity contribution >= 4 is 23.3 Å². The summed E-state index contributed by atoms with van der Waals surface area (Å²) in [5.41, 5.74) is 0.942. The first-order valence-corrected chi connectivity index (χ1v) is 6.40. The average Bonchev–Trinajstić information content (AvgIpc) is 2.33. The predicted octanol–water partition coefficient (Wildman–Crippen LogP) is 3.00. The quantitative estimate of drug-likeness (QED) is 0.636. The molecule has 0 aromatic heterocycles. The fraction of sp³-hybridized carbons (Fsp3) is 0.462. The third-order valence-electron chi connectivity index (χ3n) is 2.61. The number of aliphatic hydroxyl groups excluding tert-OH is 1. The maximum absolute atomic E-state index is 10.8. The summed E-state index contributed by atoms with van der Waals surface area (Å²) >= 11 is 5.86. The van der Waals surface area contributed by atoms with Gasteiger partial charge < -0.3 is 15.5 Å². The third kappa shape index (κ3) is 4.94. The second-order valence-corrected chi connectivity index (χ2v) is 4.47. The van der Waals surface area contributed by atoms with Gasteiger partial charge in [0.05, 0.1) is 10.6 Å². The molecule has 0 atom stereocenters. The molecule has 0 aliphatic heterocycles. The Morgan fingerprint density at radius 3 is 2.56 bits per heavy atom. The van der Waals surface area contributed by atoms with Crippen molar-refractivity contribution in [2.24, 2.45) is 0 Å². The molecule has 0 fully saturated rings. The number of aliphatic hydroxyl groups is 1. The van der Waals surface area contributed by atoms with Crippen LogP contribution in [0.3, 0.4) is 0 Å². The number of halogens is 1. The van der Waals surface area contributed by atoms with Gasteiger partial charge >= 0.3 is 5.97 Å². The summed E-state index contributed by atoms with van der Waals surface area (Å²) in [6.45, 7) is 1.06. The molecule has 1 aromatic rings. The molecular formula is C13H18ClNO3. The van der Waals surface area contributed by atoms with Gasteiger partial charge in [0.15, 0.2) is 0 Å². The van der Waals surface area contributed by atoms with Crippen molar-refractivity contribution in [3.05, 3.63) is 28.8 Å². The van der Waals surface area contributed by atoms with Gasteiger partial charge in [-0.25, -0.2) is 4.79 Å². The van der Waals surface area contributed by atoms with E-state index in [1.807, 2.05) is 0 Å². The van der Waals surface area contributed by atoms with Gasteiger partial charge in [-0.15, -0.1) is 0 Å². The number of carboxylic acids is 1. The number of carbonyl (C=O) groups is 1. The Kier molecular flexibility index (Phi) is 6.54. The average molecular weight is 272 g/mol. The van der Waals surface area contributed by atoms with E-state index in [2.05, 4.69) is 5.32 Å². The van der Waals surface area contributed by atoms with Crippen LogP contribution in [0.25, 0.3) is 0 Å². The van der Waals surface area contributed by atoms with Crippen LogP contribution in [0.1, 0.15) is 36.0 Å². The number of hydrogen-bond acceptors (Lipinski definition) is 3. The largest absolute Gasteiger partial charge is 0.478 e. The van der Waals surface area contributed by atoms with Gasteiger partial charge in [0.1, 0.15) is 0 Å². The minimum absolute atomic E-state index is 0.116. The number of hydrogen-bond donors (Lipinski definition) is 3. The number of aromatic carboxylic acids is 1. The summed E-state index contributed by atoms with van der Waals surface area (Å²) in [4.78, 5) is 10.8. The van der Waals surface area contributed by atoms with Crippen LogP contribution >= 0.6 is 11.6 Å². The van der Waals surface area contributed by atoms with Gasteiger partial charge in [-0.1, -0.05) is 24.4 Å². The second kappa shape index (κ2) is 7.95. The number of nitrogens with one attached hydrogen (secondary N) is 1. The molecule has 18 heavy (non-hydrogen) atoms. The van der Waals surface area contributed by atoms with Crippen LogP contribution in [0.15, 0.2) is 18.2 Å². The van der Waals surface area contributed by atoms with Crippen molar-refractivity contribution in [2.45, 2.75) is 25.7 Å². The van der Waals surface area contributed by atoms with Crippen molar-refractivity contribution in [1.82, 2.24) is 0 Å². The minimum atomic E-state index is -1.02. The van der Waals surface area contributed by atoms with E-state index in [0.717, 1.165) is 37.9 Å². The van der Waals surface area contributed by atoms with E-state index in [9.17, 15) is 4.79 Å². The van der Waals surface area contributed by atoms with Crippen LogP contribution in [0, 0.1) is 0 Å². The summed E-state index contributed by atoms with van der Waals surface area (Å²) < 4.78 is 0. The number of unbranched alkanes of at least 4 members (excludes halogenated alkanes) is 3. The van der Waals surface area contributed by atoms with Gasteiger partial charge in [-0.3, -0.25) is 0 Å². The zero-order chi connectivity index (χ0) is 13.4. The summed E-state index contributed by atoms with van der Waals surface area (Å²) in [6, 6.07) is 4.83. The molecule has 0 saturated carbocycles. The molecule has 0 unspecified atom stereocenters. The smallest absolute Gasteiger partial charge is 0.337 e. The van der Waals surface area contributed by atoms with E-state index in [-0.39, 0.29) is 17.2 Å². The van der Waals surface area contributed by atoms with Crippen LogP contribution in [0.4, 0.5) is 5.69 Å². The fourth-order valence-corrected chi connectivity index (χ4v) is 1.88. The zero-order valence-electron chi connectivity index (χ0n) is 10.2. The lowest BCUT2D eigenvalue weighted by Crippen LogP contribution is -2.03. The van der Waals surface area contributed by atoms with Crippen LogP contribution in [-0.2, 0) is 0 Å². The summed E-state index contributed by atoms with van der Waals surface area (Å²) in [5.74, 6) is -1.02. The SMILES string of the molecule is O=C(O)c1ccc(NCCCCCCO)cc1Cl. The Balaban J connectivity index is 2.35. The van der Waals surface area contributed by atoms with Crippen molar-refractivity contribution in [3.8, 4) is 0 Å². The molecule has 100 valence electrons. The highest BCUT2D eigenvalue weighted by Gasteiger charge is 2.08. The number of carboxylic acid groups (broad SMARTS) is 1. The molecule has 3 N–H and O–H groups in total. The first kappa shape index (κ1) is 14.8. The Hall–Kier alpha value is -1.26. The van der Waals surface area contributed by atoms with Gasteiger partial charge in [-0.05, 0) is 31.0 Å². The lowest BCUT2D eigenvalue weighted by molar-refractivity contribution is 0.0697. The van der Waals surface area contributed by atoms with Crippen molar-refractivity contribution in [2.75, 3.05) is 18.5 Å². The highest BCUT2D eigenvalue weighted by atomic mass is 35.5. The van der Waals surface area contributed by atoms with E-state index in [0.29, 0.717) is 0 Å². The number of benzene rings is 1. The first-order chi connectivity index (χ1) is 8.65. The first-order valence-electron chi connectivity index (χ1n) is 6.02. The summed E-state index contributed by atoms with van der Waals surface area (Å²) in [5, 5.41) is 20.9. The molecule has 0 aliphatic carbocycles. The Bertz CT molecular complexity index is 396. The Morgan fingerprint density at radius 1 is 1.22 bits per heavy atom.